The summed E-state index contributed by atoms with van der Waals surface area (Å²) in [6.45, 7) is 0. The number of nitrogen functional groups attached to an aromatic ring is 1. The van der Waals surface area contributed by atoms with Crippen LogP contribution in [0.15, 0.2) is 24.3 Å². The summed E-state index contributed by atoms with van der Waals surface area (Å²) >= 11 is 3.69. The van der Waals surface area contributed by atoms with Crippen LogP contribution in [0.1, 0.15) is 10.4 Å². The molecule has 0 fully saturated rings. The minimum absolute atomic E-state index is 0.282. The van der Waals surface area contributed by atoms with Crippen molar-refractivity contribution >= 4 is 30.2 Å². The Bertz CT molecular complexity index is 377. The third-order valence-electron chi connectivity index (χ3n) is 1.61. The number of esters is 1. The van der Waals surface area contributed by atoms with E-state index in [1.165, 1.54) is 12.1 Å². The van der Waals surface area contributed by atoms with E-state index in [1.807, 2.05) is 0 Å². The van der Waals surface area contributed by atoms with Crippen LogP contribution in [0.5, 0.6) is 0 Å². The molecule has 0 bridgehead atoms. The van der Waals surface area contributed by atoms with Gasteiger partial charge in [-0.2, -0.15) is 0 Å². The highest BCUT2D eigenvalue weighted by atomic mass is 32.1. The summed E-state index contributed by atoms with van der Waals surface area (Å²) in [6, 6.07) is 6.07. The third kappa shape index (κ3) is 3.17. The van der Waals surface area contributed by atoms with Crippen molar-refractivity contribution in [3.63, 3.8) is 0 Å². The van der Waals surface area contributed by atoms with Crippen molar-refractivity contribution in [2.75, 3.05) is 5.73 Å². The average Bonchev–Trinajstić information content (AvgIpc) is 2.18. The number of carbonyl (C=O) groups excluding carboxylic acids is 2. The molecule has 6 heteroatoms. The number of amides is 1. The molecule has 1 aromatic carbocycles. The number of anilines is 1. The first-order chi connectivity index (χ1) is 7.00. The van der Waals surface area contributed by atoms with E-state index >= 15 is 0 Å². The van der Waals surface area contributed by atoms with Crippen molar-refractivity contribution in [1.82, 2.24) is 0 Å². The fourth-order valence-corrected chi connectivity index (χ4v) is 0.942. The quantitative estimate of drug-likeness (QED) is 0.296. The van der Waals surface area contributed by atoms with Gasteiger partial charge in [-0.1, -0.05) is 0 Å². The lowest BCUT2D eigenvalue weighted by Crippen LogP contribution is -2.28. The normalized spacial score (nSPS) is 11.8. The Morgan fingerprint density at radius 2 is 1.80 bits per heavy atom. The zero-order valence-corrected chi connectivity index (χ0v) is 8.61. The molecule has 1 amide bonds. The SMILES string of the molecule is NC(=O)C(S)OC(=O)c1ccc(N)cc1. The van der Waals surface area contributed by atoms with Crippen LogP contribution in [0, 0.1) is 0 Å². The predicted molar refractivity (Wildman–Crippen MR) is 58.2 cm³/mol. The van der Waals surface area contributed by atoms with E-state index in [-0.39, 0.29) is 5.56 Å². The highest BCUT2D eigenvalue weighted by Crippen LogP contribution is 2.09. The molecule has 15 heavy (non-hydrogen) atoms. The summed E-state index contributed by atoms with van der Waals surface area (Å²) in [4.78, 5) is 21.9. The maximum absolute atomic E-state index is 11.4. The Kier molecular flexibility index (Phi) is 3.56. The highest BCUT2D eigenvalue weighted by molar-refractivity contribution is 7.81. The molecule has 1 atom stereocenters. The van der Waals surface area contributed by atoms with Crippen molar-refractivity contribution < 1.29 is 14.3 Å². The van der Waals surface area contributed by atoms with E-state index < -0.39 is 17.3 Å². The molecule has 0 aliphatic carbocycles. The first-order valence-corrected chi connectivity index (χ1v) is 4.56. The molecule has 1 aromatic rings. The van der Waals surface area contributed by atoms with Crippen molar-refractivity contribution in [2.24, 2.45) is 5.73 Å². The van der Waals surface area contributed by atoms with E-state index in [1.54, 1.807) is 12.1 Å². The Labute approximate surface area is 91.8 Å². The molecule has 0 aromatic heterocycles. The lowest BCUT2D eigenvalue weighted by molar-refractivity contribution is -0.122. The van der Waals surface area contributed by atoms with Gasteiger partial charge in [-0.15, -0.1) is 12.6 Å². The van der Waals surface area contributed by atoms with Crippen LogP contribution < -0.4 is 11.5 Å². The number of hydrogen-bond acceptors (Lipinski definition) is 5. The maximum atomic E-state index is 11.4. The topological polar surface area (TPSA) is 95.4 Å². The van der Waals surface area contributed by atoms with Crippen molar-refractivity contribution in [1.29, 1.82) is 0 Å². The number of ether oxygens (including phenoxy) is 1. The number of benzene rings is 1. The lowest BCUT2D eigenvalue weighted by Gasteiger charge is -2.08. The fraction of sp³-hybridized carbons (Fsp3) is 0.111. The molecular formula is C9H10N2O3S. The Balaban J connectivity index is 2.69. The van der Waals surface area contributed by atoms with E-state index in [2.05, 4.69) is 17.4 Å². The maximum Gasteiger partial charge on any atom is 0.339 e. The van der Waals surface area contributed by atoms with Gasteiger partial charge in [0.2, 0.25) is 5.44 Å². The molecule has 0 aliphatic heterocycles. The number of primary amides is 1. The largest absolute Gasteiger partial charge is 0.438 e. The van der Waals surface area contributed by atoms with Gasteiger partial charge in [-0.25, -0.2) is 4.79 Å². The van der Waals surface area contributed by atoms with Crippen LogP contribution in [-0.4, -0.2) is 17.3 Å². The van der Waals surface area contributed by atoms with Crippen molar-refractivity contribution in [2.45, 2.75) is 5.44 Å². The molecule has 0 aliphatic rings. The van der Waals surface area contributed by atoms with Gasteiger partial charge in [0.15, 0.2) is 0 Å². The van der Waals surface area contributed by atoms with E-state index in [9.17, 15) is 9.59 Å². The number of rotatable bonds is 3. The number of carbonyl (C=O) groups is 2. The van der Waals surface area contributed by atoms with Gasteiger partial charge in [0, 0.05) is 5.69 Å². The summed E-state index contributed by atoms with van der Waals surface area (Å²) in [5.41, 5.74) is 9.88. The summed E-state index contributed by atoms with van der Waals surface area (Å²) < 4.78 is 4.65. The standard InChI is InChI=1S/C9H10N2O3S/c10-6-3-1-5(2-4-6)8(13)14-9(15)7(11)12/h1-4,9,15H,10H2,(H2,11,12). The molecule has 4 N–H and O–H groups in total. The molecule has 5 nitrogen and oxygen atoms in total. The predicted octanol–water partition coefficient (Wildman–Crippen LogP) is 0.167. The molecule has 0 spiro atoms. The molecule has 1 unspecified atom stereocenters. The second-order valence-electron chi connectivity index (χ2n) is 2.78. The first-order valence-electron chi connectivity index (χ1n) is 4.04. The third-order valence-corrected chi connectivity index (χ3v) is 1.97. The Morgan fingerprint density at radius 1 is 1.27 bits per heavy atom. The van der Waals surface area contributed by atoms with Gasteiger partial charge >= 0.3 is 5.97 Å². The minimum Gasteiger partial charge on any atom is -0.438 e. The van der Waals surface area contributed by atoms with Crippen LogP contribution >= 0.6 is 12.6 Å². The highest BCUT2D eigenvalue weighted by Gasteiger charge is 2.16. The number of hydrogen-bond donors (Lipinski definition) is 3. The Morgan fingerprint density at radius 3 is 2.27 bits per heavy atom. The van der Waals surface area contributed by atoms with Crippen LogP contribution in [0.4, 0.5) is 5.69 Å². The van der Waals surface area contributed by atoms with E-state index in [0.717, 1.165) is 0 Å². The van der Waals surface area contributed by atoms with E-state index in [0.29, 0.717) is 5.69 Å². The van der Waals surface area contributed by atoms with Gasteiger partial charge in [0.25, 0.3) is 5.91 Å². The molecule has 0 saturated heterocycles. The van der Waals surface area contributed by atoms with Gasteiger partial charge in [-0.3, -0.25) is 4.79 Å². The molecule has 0 saturated carbocycles. The van der Waals surface area contributed by atoms with Gasteiger partial charge in [-0.05, 0) is 24.3 Å². The second kappa shape index (κ2) is 4.70. The molecular weight excluding hydrogens is 216 g/mol. The monoisotopic (exact) mass is 226 g/mol. The number of nitrogens with two attached hydrogens (primary N) is 2. The smallest absolute Gasteiger partial charge is 0.339 e. The van der Waals surface area contributed by atoms with Crippen LogP contribution in [0.2, 0.25) is 0 Å². The van der Waals surface area contributed by atoms with Crippen LogP contribution in [-0.2, 0) is 9.53 Å². The second-order valence-corrected chi connectivity index (χ2v) is 3.25. The first kappa shape index (κ1) is 11.4. The van der Waals surface area contributed by atoms with Gasteiger partial charge < -0.3 is 16.2 Å². The summed E-state index contributed by atoms with van der Waals surface area (Å²) in [5.74, 6) is -1.49. The van der Waals surface area contributed by atoms with Crippen molar-refractivity contribution in [3.05, 3.63) is 29.8 Å². The zero-order chi connectivity index (χ0) is 11.4. The number of thiol groups is 1. The average molecular weight is 226 g/mol. The lowest BCUT2D eigenvalue weighted by atomic mass is 10.2. The zero-order valence-electron chi connectivity index (χ0n) is 7.71. The summed E-state index contributed by atoms with van der Waals surface area (Å²) in [6.07, 6.45) is 0. The molecule has 1 rings (SSSR count). The minimum atomic E-state index is -1.24. The Hall–Kier alpha value is -1.69. The molecule has 0 radical (unpaired) electrons. The van der Waals surface area contributed by atoms with Crippen LogP contribution in [0.25, 0.3) is 0 Å². The molecule has 0 heterocycles. The van der Waals surface area contributed by atoms with Gasteiger partial charge in [0.1, 0.15) is 0 Å². The summed E-state index contributed by atoms with van der Waals surface area (Å²) in [5, 5.41) is 0. The van der Waals surface area contributed by atoms with E-state index in [4.69, 9.17) is 11.5 Å². The van der Waals surface area contributed by atoms with Crippen LogP contribution in [0.3, 0.4) is 0 Å². The fourth-order valence-electron chi connectivity index (χ4n) is 0.847. The summed E-state index contributed by atoms with van der Waals surface area (Å²) in [7, 11) is 0. The van der Waals surface area contributed by atoms with Crippen molar-refractivity contribution in [3.8, 4) is 0 Å². The van der Waals surface area contributed by atoms with Gasteiger partial charge in [0.05, 0.1) is 5.56 Å². The molecule has 80 valence electrons.